The fourth-order valence-corrected chi connectivity index (χ4v) is 1.32. The van der Waals surface area contributed by atoms with Crippen molar-refractivity contribution in [3.63, 3.8) is 0 Å². The van der Waals surface area contributed by atoms with Crippen molar-refractivity contribution in [3.05, 3.63) is 35.4 Å². The van der Waals surface area contributed by atoms with Gasteiger partial charge in [-0.25, -0.2) is 4.79 Å². The number of nitriles is 1. The molecular formula is C11H12N2O2. The Labute approximate surface area is 88.3 Å². The molecule has 0 saturated heterocycles. The topological polar surface area (TPSA) is 76.1 Å². The Kier molecular flexibility index (Phi) is 3.83. The molecule has 1 aromatic rings. The molecule has 1 rings (SSSR count). The maximum Gasteiger partial charge on any atom is 0.338 e. The summed E-state index contributed by atoms with van der Waals surface area (Å²) >= 11 is 0. The molecule has 0 saturated carbocycles. The Morgan fingerprint density at radius 1 is 1.60 bits per heavy atom. The van der Waals surface area contributed by atoms with E-state index in [1.54, 1.807) is 24.3 Å². The number of nitrogens with zero attached hydrogens (tertiary/aromatic N) is 1. The number of carbonyl (C=O) groups is 1. The van der Waals surface area contributed by atoms with Crippen LogP contribution in [-0.4, -0.2) is 13.1 Å². The number of rotatable bonds is 3. The highest BCUT2D eigenvalue weighted by atomic mass is 16.5. The summed E-state index contributed by atoms with van der Waals surface area (Å²) in [7, 11) is 1.31. The van der Waals surface area contributed by atoms with E-state index in [2.05, 4.69) is 4.74 Å². The first kappa shape index (κ1) is 11.2. The zero-order chi connectivity index (χ0) is 11.3. The van der Waals surface area contributed by atoms with E-state index in [1.807, 2.05) is 6.07 Å². The van der Waals surface area contributed by atoms with Crippen LogP contribution in [0.2, 0.25) is 0 Å². The van der Waals surface area contributed by atoms with E-state index in [1.165, 1.54) is 7.11 Å². The lowest BCUT2D eigenvalue weighted by Crippen LogP contribution is -2.15. The number of hydrogen-bond acceptors (Lipinski definition) is 4. The zero-order valence-corrected chi connectivity index (χ0v) is 8.43. The third-order valence-electron chi connectivity index (χ3n) is 2.08. The third-order valence-corrected chi connectivity index (χ3v) is 2.08. The molecule has 0 amide bonds. The predicted octanol–water partition coefficient (Wildman–Crippen LogP) is 1.39. The molecule has 2 N–H and O–H groups in total. The van der Waals surface area contributed by atoms with Crippen LogP contribution >= 0.6 is 0 Å². The molecule has 0 aliphatic rings. The second-order valence-corrected chi connectivity index (χ2v) is 3.05. The van der Waals surface area contributed by atoms with E-state index in [9.17, 15) is 4.79 Å². The normalized spacial score (nSPS) is 11.5. The quantitative estimate of drug-likeness (QED) is 0.755. The van der Waals surface area contributed by atoms with Gasteiger partial charge in [-0.2, -0.15) is 5.26 Å². The van der Waals surface area contributed by atoms with Crippen molar-refractivity contribution in [2.45, 2.75) is 12.5 Å². The average molecular weight is 204 g/mol. The van der Waals surface area contributed by atoms with Crippen LogP contribution in [-0.2, 0) is 4.74 Å². The number of carbonyl (C=O) groups excluding carboxylic acids is 1. The van der Waals surface area contributed by atoms with E-state index in [0.29, 0.717) is 11.1 Å². The number of hydrogen-bond donors (Lipinski definition) is 1. The summed E-state index contributed by atoms with van der Waals surface area (Å²) < 4.78 is 4.63. The SMILES string of the molecule is COC(=O)c1ccccc1[C@H](N)CC#N. The van der Waals surface area contributed by atoms with Crippen molar-refractivity contribution < 1.29 is 9.53 Å². The van der Waals surface area contributed by atoms with Gasteiger partial charge in [0.25, 0.3) is 0 Å². The molecule has 4 nitrogen and oxygen atoms in total. The van der Waals surface area contributed by atoms with Crippen LogP contribution in [0.15, 0.2) is 24.3 Å². The van der Waals surface area contributed by atoms with Crippen molar-refractivity contribution in [2.75, 3.05) is 7.11 Å². The van der Waals surface area contributed by atoms with Gasteiger partial charge in [-0.3, -0.25) is 0 Å². The molecule has 0 heterocycles. The summed E-state index contributed by atoms with van der Waals surface area (Å²) in [6, 6.07) is 8.40. The van der Waals surface area contributed by atoms with Crippen molar-refractivity contribution in [1.82, 2.24) is 0 Å². The zero-order valence-electron chi connectivity index (χ0n) is 8.43. The molecule has 15 heavy (non-hydrogen) atoms. The number of esters is 1. The highest BCUT2D eigenvalue weighted by Crippen LogP contribution is 2.19. The highest BCUT2D eigenvalue weighted by molar-refractivity contribution is 5.91. The van der Waals surface area contributed by atoms with Crippen molar-refractivity contribution >= 4 is 5.97 Å². The van der Waals surface area contributed by atoms with Gasteiger partial charge in [-0.1, -0.05) is 18.2 Å². The van der Waals surface area contributed by atoms with E-state index in [0.717, 1.165) is 0 Å². The molecule has 0 bridgehead atoms. The fourth-order valence-electron chi connectivity index (χ4n) is 1.32. The van der Waals surface area contributed by atoms with Crippen LogP contribution in [0, 0.1) is 11.3 Å². The minimum atomic E-state index is -0.453. The Morgan fingerprint density at radius 2 is 2.27 bits per heavy atom. The summed E-state index contributed by atoms with van der Waals surface area (Å²) in [6.45, 7) is 0. The van der Waals surface area contributed by atoms with Gasteiger partial charge >= 0.3 is 5.97 Å². The summed E-state index contributed by atoms with van der Waals surface area (Å²) in [6.07, 6.45) is 0.175. The lowest BCUT2D eigenvalue weighted by atomic mass is 9.99. The Morgan fingerprint density at radius 3 is 2.87 bits per heavy atom. The Hall–Kier alpha value is -1.86. The Balaban J connectivity index is 3.07. The first-order chi connectivity index (χ1) is 7.20. The lowest BCUT2D eigenvalue weighted by molar-refractivity contribution is 0.0599. The van der Waals surface area contributed by atoms with Crippen molar-refractivity contribution in [3.8, 4) is 6.07 Å². The smallest absolute Gasteiger partial charge is 0.338 e. The largest absolute Gasteiger partial charge is 0.465 e. The first-order valence-corrected chi connectivity index (χ1v) is 4.50. The van der Waals surface area contributed by atoms with Crippen LogP contribution in [0.1, 0.15) is 28.4 Å². The second kappa shape index (κ2) is 5.13. The van der Waals surface area contributed by atoms with E-state index in [-0.39, 0.29) is 6.42 Å². The lowest BCUT2D eigenvalue weighted by Gasteiger charge is -2.11. The maximum absolute atomic E-state index is 11.4. The molecule has 0 unspecified atom stereocenters. The predicted molar refractivity (Wildman–Crippen MR) is 54.9 cm³/mol. The number of methoxy groups -OCH3 is 1. The highest BCUT2D eigenvalue weighted by Gasteiger charge is 2.15. The minimum Gasteiger partial charge on any atom is -0.465 e. The fraction of sp³-hybridized carbons (Fsp3) is 0.273. The Bertz CT molecular complexity index is 396. The molecule has 0 spiro atoms. The molecule has 78 valence electrons. The number of nitrogens with two attached hydrogens (primary N) is 1. The molecule has 0 radical (unpaired) electrons. The van der Waals surface area contributed by atoms with Gasteiger partial charge in [0.05, 0.1) is 25.2 Å². The molecule has 0 fully saturated rings. The molecule has 0 aliphatic carbocycles. The summed E-state index contributed by atoms with van der Waals surface area (Å²) in [5.41, 5.74) is 6.83. The van der Waals surface area contributed by atoms with Crippen LogP contribution < -0.4 is 5.73 Å². The monoisotopic (exact) mass is 204 g/mol. The summed E-state index contributed by atoms with van der Waals surface area (Å²) in [5, 5.41) is 8.54. The van der Waals surface area contributed by atoms with Gasteiger partial charge in [0.1, 0.15) is 0 Å². The van der Waals surface area contributed by atoms with E-state index >= 15 is 0 Å². The molecule has 1 aromatic carbocycles. The van der Waals surface area contributed by atoms with Crippen molar-refractivity contribution in [1.29, 1.82) is 5.26 Å². The molecule has 1 atom stereocenters. The van der Waals surface area contributed by atoms with Gasteiger partial charge in [0, 0.05) is 6.04 Å². The number of ether oxygens (including phenoxy) is 1. The molecular weight excluding hydrogens is 192 g/mol. The van der Waals surface area contributed by atoms with Crippen LogP contribution in [0.25, 0.3) is 0 Å². The minimum absolute atomic E-state index is 0.175. The van der Waals surface area contributed by atoms with Gasteiger partial charge in [-0.15, -0.1) is 0 Å². The van der Waals surface area contributed by atoms with Gasteiger partial charge in [0.15, 0.2) is 0 Å². The van der Waals surface area contributed by atoms with E-state index < -0.39 is 12.0 Å². The van der Waals surface area contributed by atoms with Gasteiger partial charge in [-0.05, 0) is 11.6 Å². The number of benzene rings is 1. The molecule has 0 aromatic heterocycles. The van der Waals surface area contributed by atoms with E-state index in [4.69, 9.17) is 11.0 Å². The third kappa shape index (κ3) is 2.55. The van der Waals surface area contributed by atoms with Gasteiger partial charge in [0.2, 0.25) is 0 Å². The average Bonchev–Trinajstić information content (AvgIpc) is 2.28. The van der Waals surface area contributed by atoms with Crippen LogP contribution in [0.3, 0.4) is 0 Å². The first-order valence-electron chi connectivity index (χ1n) is 4.50. The molecule has 4 heteroatoms. The standard InChI is InChI=1S/C11H12N2O2/c1-15-11(14)9-5-3-2-4-8(9)10(13)6-7-12/h2-5,10H,6,13H2,1H3/t10-/m1/s1. The van der Waals surface area contributed by atoms with Crippen LogP contribution in [0.4, 0.5) is 0 Å². The molecule has 0 aliphatic heterocycles. The second-order valence-electron chi connectivity index (χ2n) is 3.05. The van der Waals surface area contributed by atoms with Crippen LogP contribution in [0.5, 0.6) is 0 Å². The summed E-state index contributed by atoms with van der Waals surface area (Å²) in [5.74, 6) is -0.431. The van der Waals surface area contributed by atoms with Crippen molar-refractivity contribution in [2.24, 2.45) is 5.73 Å². The maximum atomic E-state index is 11.4. The van der Waals surface area contributed by atoms with Gasteiger partial charge < -0.3 is 10.5 Å². The summed E-state index contributed by atoms with van der Waals surface area (Å²) in [4.78, 5) is 11.4.